The minimum atomic E-state index is -1.19. The Morgan fingerprint density at radius 1 is 1.16 bits per heavy atom. The lowest BCUT2D eigenvalue weighted by Crippen LogP contribution is -2.38. The molecule has 0 saturated heterocycles. The highest BCUT2D eigenvalue weighted by Crippen LogP contribution is 2.25. The number of ether oxygens (including phenoxy) is 1. The molecule has 2 atom stereocenters. The third kappa shape index (κ3) is 5.96. The highest BCUT2D eigenvalue weighted by Gasteiger charge is 2.22. The zero-order valence-corrected chi connectivity index (χ0v) is 16.8. The first-order valence-corrected chi connectivity index (χ1v) is 9.76. The molecular weight excluding hydrogens is 402 g/mol. The summed E-state index contributed by atoms with van der Waals surface area (Å²) in [5, 5.41) is 13.1. The molecule has 0 aliphatic rings. The van der Waals surface area contributed by atoms with Crippen LogP contribution < -0.4 is 10.1 Å². The van der Waals surface area contributed by atoms with Crippen molar-refractivity contribution < 1.29 is 23.4 Å². The molecule has 3 aromatic rings. The Morgan fingerprint density at radius 3 is 2.65 bits per heavy atom. The predicted molar refractivity (Wildman–Crippen MR) is 113 cm³/mol. The number of aliphatic hydroxyl groups excluding tert-OH is 1. The lowest BCUT2D eigenvalue weighted by atomic mass is 9.99. The van der Waals surface area contributed by atoms with Crippen LogP contribution in [-0.4, -0.2) is 22.0 Å². The van der Waals surface area contributed by atoms with Gasteiger partial charge in [-0.15, -0.1) is 0 Å². The fraction of sp³-hybridized carbons (Fsp3) is 0.167. The molecule has 3 rings (SSSR count). The third-order valence-electron chi connectivity index (χ3n) is 4.62. The second kappa shape index (κ2) is 10.4. The van der Waals surface area contributed by atoms with Crippen molar-refractivity contribution in [1.82, 2.24) is 10.3 Å². The number of pyridine rings is 1. The Morgan fingerprint density at radius 2 is 1.97 bits per heavy atom. The number of carbonyl (C=O) groups excluding carboxylic acids is 1. The standard InChI is InChI=1S/C24H22F2N2O3/c1-2-21(24(30)18-7-3-4-8-19(18)25)28-23(29)12-10-16-9-11-22(20(26)14-16)31-17-6-5-13-27-15-17/h3-15,21,24,30H,2H2,1H3,(H,28,29)/b12-10+. The molecule has 31 heavy (non-hydrogen) atoms. The first-order chi connectivity index (χ1) is 15.0. The number of nitrogens with zero attached hydrogens (tertiary/aromatic N) is 1. The van der Waals surface area contributed by atoms with Crippen LogP contribution in [0.5, 0.6) is 11.5 Å². The van der Waals surface area contributed by atoms with E-state index < -0.39 is 29.7 Å². The van der Waals surface area contributed by atoms with E-state index in [1.165, 1.54) is 48.7 Å². The van der Waals surface area contributed by atoms with E-state index in [4.69, 9.17) is 4.74 Å². The van der Waals surface area contributed by atoms with E-state index in [1.54, 1.807) is 37.4 Å². The summed E-state index contributed by atoms with van der Waals surface area (Å²) in [4.78, 5) is 16.2. The first kappa shape index (κ1) is 22.1. The van der Waals surface area contributed by atoms with Crippen LogP contribution in [0.15, 0.2) is 73.1 Å². The molecule has 0 saturated carbocycles. The van der Waals surface area contributed by atoms with Crippen molar-refractivity contribution in [2.24, 2.45) is 0 Å². The summed E-state index contributed by atoms with van der Waals surface area (Å²) >= 11 is 0. The minimum Gasteiger partial charge on any atom is -0.453 e. The van der Waals surface area contributed by atoms with Crippen LogP contribution in [0.3, 0.4) is 0 Å². The molecule has 2 unspecified atom stereocenters. The summed E-state index contributed by atoms with van der Waals surface area (Å²) in [7, 11) is 0. The quantitative estimate of drug-likeness (QED) is 0.510. The zero-order chi connectivity index (χ0) is 22.2. The second-order valence-corrected chi connectivity index (χ2v) is 6.80. The Labute approximate surface area is 179 Å². The molecule has 1 aromatic heterocycles. The van der Waals surface area contributed by atoms with Gasteiger partial charge in [0.15, 0.2) is 11.6 Å². The smallest absolute Gasteiger partial charge is 0.244 e. The number of aliphatic hydroxyl groups is 1. The highest BCUT2D eigenvalue weighted by atomic mass is 19.1. The molecule has 0 radical (unpaired) electrons. The molecule has 0 bridgehead atoms. The molecule has 160 valence electrons. The summed E-state index contributed by atoms with van der Waals surface area (Å²) in [6, 6.07) is 12.8. The van der Waals surface area contributed by atoms with Crippen LogP contribution in [0.25, 0.3) is 6.08 Å². The van der Waals surface area contributed by atoms with Gasteiger partial charge in [-0.1, -0.05) is 31.2 Å². The molecule has 0 fully saturated rings. The number of nitrogens with one attached hydrogen (secondary N) is 1. The van der Waals surface area contributed by atoms with Crippen molar-refractivity contribution in [1.29, 1.82) is 0 Å². The zero-order valence-electron chi connectivity index (χ0n) is 16.8. The SMILES string of the molecule is CCC(NC(=O)/C=C/c1ccc(Oc2cccnc2)c(F)c1)C(O)c1ccccc1F. The maximum absolute atomic E-state index is 14.3. The van der Waals surface area contributed by atoms with Crippen LogP contribution in [0.4, 0.5) is 8.78 Å². The number of rotatable bonds is 8. The predicted octanol–water partition coefficient (Wildman–Crippen LogP) is 4.79. The van der Waals surface area contributed by atoms with Gasteiger partial charge in [-0.25, -0.2) is 8.78 Å². The molecule has 0 spiro atoms. The lowest BCUT2D eigenvalue weighted by Gasteiger charge is -2.23. The van der Waals surface area contributed by atoms with E-state index >= 15 is 0 Å². The molecule has 5 nitrogen and oxygen atoms in total. The van der Waals surface area contributed by atoms with Crippen molar-refractivity contribution in [3.8, 4) is 11.5 Å². The normalized spacial score (nSPS) is 13.0. The average Bonchev–Trinajstić information content (AvgIpc) is 2.78. The molecule has 1 amide bonds. The largest absolute Gasteiger partial charge is 0.453 e. The Balaban J connectivity index is 1.63. The Hall–Kier alpha value is -3.58. The van der Waals surface area contributed by atoms with Gasteiger partial charge in [-0.05, 0) is 48.4 Å². The van der Waals surface area contributed by atoms with Crippen LogP contribution >= 0.6 is 0 Å². The van der Waals surface area contributed by atoms with Gasteiger partial charge in [-0.3, -0.25) is 9.78 Å². The highest BCUT2D eigenvalue weighted by molar-refractivity contribution is 5.92. The number of aromatic nitrogens is 1. The maximum Gasteiger partial charge on any atom is 0.244 e. The van der Waals surface area contributed by atoms with Gasteiger partial charge in [0.2, 0.25) is 5.91 Å². The maximum atomic E-state index is 14.3. The second-order valence-electron chi connectivity index (χ2n) is 6.80. The number of hydrogen-bond acceptors (Lipinski definition) is 4. The number of halogens is 2. The average molecular weight is 424 g/mol. The van der Waals surface area contributed by atoms with Crippen LogP contribution in [0.2, 0.25) is 0 Å². The van der Waals surface area contributed by atoms with Gasteiger partial charge in [0.1, 0.15) is 17.7 Å². The summed E-state index contributed by atoms with van der Waals surface area (Å²) in [6.07, 6.45) is 4.92. The van der Waals surface area contributed by atoms with Crippen molar-refractivity contribution in [3.05, 3.63) is 95.8 Å². The molecule has 1 heterocycles. The van der Waals surface area contributed by atoms with Gasteiger partial charge in [0.05, 0.1) is 12.2 Å². The number of carbonyl (C=O) groups is 1. The Kier molecular flexibility index (Phi) is 7.45. The fourth-order valence-electron chi connectivity index (χ4n) is 2.98. The summed E-state index contributed by atoms with van der Waals surface area (Å²) < 4.78 is 33.7. The molecule has 2 aromatic carbocycles. The number of hydrogen-bond donors (Lipinski definition) is 2. The van der Waals surface area contributed by atoms with Crippen LogP contribution in [-0.2, 0) is 4.79 Å². The van der Waals surface area contributed by atoms with Gasteiger partial charge < -0.3 is 15.2 Å². The van der Waals surface area contributed by atoms with Crippen molar-refractivity contribution in [3.63, 3.8) is 0 Å². The fourth-order valence-corrected chi connectivity index (χ4v) is 2.98. The summed E-state index contributed by atoms with van der Waals surface area (Å²) in [5.41, 5.74) is 0.568. The summed E-state index contributed by atoms with van der Waals surface area (Å²) in [5.74, 6) is -1.18. The molecule has 0 aliphatic carbocycles. The van der Waals surface area contributed by atoms with E-state index in [0.717, 1.165) is 0 Å². The Bertz CT molecular complexity index is 1060. The van der Waals surface area contributed by atoms with Gasteiger partial charge in [0, 0.05) is 17.8 Å². The number of amides is 1. The van der Waals surface area contributed by atoms with E-state index in [1.807, 2.05) is 0 Å². The van der Waals surface area contributed by atoms with E-state index in [2.05, 4.69) is 10.3 Å². The number of benzene rings is 2. The lowest BCUT2D eigenvalue weighted by molar-refractivity contribution is -0.118. The molecular formula is C24H22F2N2O3. The van der Waals surface area contributed by atoms with Gasteiger partial charge in [0.25, 0.3) is 0 Å². The summed E-state index contributed by atoms with van der Waals surface area (Å²) in [6.45, 7) is 1.77. The van der Waals surface area contributed by atoms with E-state index in [0.29, 0.717) is 17.7 Å². The molecule has 0 aliphatic heterocycles. The third-order valence-corrected chi connectivity index (χ3v) is 4.62. The van der Waals surface area contributed by atoms with Gasteiger partial charge >= 0.3 is 0 Å². The minimum absolute atomic E-state index is 0.0358. The van der Waals surface area contributed by atoms with E-state index in [9.17, 15) is 18.7 Å². The molecule has 2 N–H and O–H groups in total. The molecule has 7 heteroatoms. The van der Waals surface area contributed by atoms with E-state index in [-0.39, 0.29) is 11.3 Å². The first-order valence-electron chi connectivity index (χ1n) is 9.76. The van der Waals surface area contributed by atoms with Crippen LogP contribution in [0.1, 0.15) is 30.6 Å². The topological polar surface area (TPSA) is 71.5 Å². The van der Waals surface area contributed by atoms with Crippen molar-refractivity contribution in [2.75, 3.05) is 0 Å². The monoisotopic (exact) mass is 424 g/mol. The van der Waals surface area contributed by atoms with Crippen molar-refractivity contribution in [2.45, 2.75) is 25.5 Å². The van der Waals surface area contributed by atoms with Crippen LogP contribution in [0, 0.1) is 11.6 Å². The van der Waals surface area contributed by atoms with Crippen molar-refractivity contribution >= 4 is 12.0 Å². The van der Waals surface area contributed by atoms with Gasteiger partial charge in [-0.2, -0.15) is 0 Å².